The fourth-order valence-corrected chi connectivity index (χ4v) is 3.14. The highest BCUT2D eigenvalue weighted by atomic mass is 32.3. The Kier molecular flexibility index (Phi) is 2.80. The van der Waals surface area contributed by atoms with Gasteiger partial charge in [0.25, 0.3) is 9.84 Å². The van der Waals surface area contributed by atoms with E-state index >= 15 is 0 Å². The lowest BCUT2D eigenvalue weighted by Crippen LogP contribution is -2.29. The highest BCUT2D eigenvalue weighted by Gasteiger charge is 2.47. The van der Waals surface area contributed by atoms with Crippen molar-refractivity contribution in [3.8, 4) is 0 Å². The van der Waals surface area contributed by atoms with Gasteiger partial charge in [0.05, 0.1) is 0 Å². The van der Waals surface area contributed by atoms with Crippen molar-refractivity contribution in [3.63, 3.8) is 0 Å². The van der Waals surface area contributed by atoms with Crippen LogP contribution in [0, 0.1) is 0 Å². The van der Waals surface area contributed by atoms with Crippen LogP contribution in [0.25, 0.3) is 0 Å². The first-order chi connectivity index (χ1) is 4.96. The number of sulfone groups is 2. The minimum atomic E-state index is -5.54. The smallest absolute Gasteiger partial charge is 0.228 e. The minimum absolute atomic E-state index is 0.413. The van der Waals surface area contributed by atoms with Gasteiger partial charge in [-0.15, -0.1) is 0 Å². The molecule has 0 aromatic heterocycles. The molecule has 74 valence electrons. The topological polar surface area (TPSA) is 68.3 Å². The lowest BCUT2D eigenvalue weighted by atomic mass is 11.6. The first-order valence-corrected chi connectivity index (χ1v) is 6.14. The first-order valence-electron chi connectivity index (χ1n) is 2.42. The molecule has 0 amide bonds. The summed E-state index contributed by atoms with van der Waals surface area (Å²) < 4.78 is 75.3. The molecule has 0 aliphatic rings. The van der Waals surface area contributed by atoms with Crippen LogP contribution in [0.4, 0.5) is 13.2 Å². The van der Waals surface area contributed by atoms with Gasteiger partial charge in [0.2, 0.25) is 0 Å². The average molecular weight is 226 g/mol. The van der Waals surface area contributed by atoms with Gasteiger partial charge in [-0.05, 0) is 0 Å². The Morgan fingerprint density at radius 2 is 1.42 bits per heavy atom. The largest absolute Gasteiger partial charge is 0.498 e. The van der Waals surface area contributed by atoms with Crippen LogP contribution in [0.2, 0.25) is 0 Å². The monoisotopic (exact) mass is 226 g/mol. The summed E-state index contributed by atoms with van der Waals surface area (Å²) in [6, 6.07) is 0. The van der Waals surface area contributed by atoms with Crippen molar-refractivity contribution in [3.05, 3.63) is 0 Å². The quantitative estimate of drug-likeness (QED) is 0.660. The Morgan fingerprint density at radius 1 is 1.08 bits per heavy atom. The van der Waals surface area contributed by atoms with Gasteiger partial charge in [0, 0.05) is 6.26 Å². The minimum Gasteiger partial charge on any atom is -0.228 e. The molecule has 4 nitrogen and oxygen atoms in total. The Morgan fingerprint density at radius 3 is 1.50 bits per heavy atom. The molecule has 0 saturated heterocycles. The van der Waals surface area contributed by atoms with Gasteiger partial charge in [-0.1, -0.05) is 0 Å². The molecule has 0 bridgehead atoms. The molecule has 0 saturated carbocycles. The van der Waals surface area contributed by atoms with Crippen molar-refractivity contribution in [2.45, 2.75) is 5.51 Å². The highest BCUT2D eigenvalue weighted by Crippen LogP contribution is 2.24. The van der Waals surface area contributed by atoms with Gasteiger partial charge in [0.1, 0.15) is 0 Å². The summed E-state index contributed by atoms with van der Waals surface area (Å²) in [7, 11) is -9.72. The van der Waals surface area contributed by atoms with E-state index in [-0.39, 0.29) is 0 Å². The van der Waals surface area contributed by atoms with Crippen molar-refractivity contribution in [1.82, 2.24) is 0 Å². The van der Waals surface area contributed by atoms with Crippen LogP contribution in [0.15, 0.2) is 0 Å². The molecule has 0 N–H and O–H groups in total. The zero-order chi connectivity index (χ0) is 10.2. The number of rotatable bonds is 2. The van der Waals surface area contributed by atoms with Crippen LogP contribution in [-0.2, 0) is 19.7 Å². The van der Waals surface area contributed by atoms with Crippen LogP contribution < -0.4 is 0 Å². The number of alkyl halides is 3. The van der Waals surface area contributed by atoms with Crippen LogP contribution in [0.3, 0.4) is 0 Å². The van der Waals surface area contributed by atoms with E-state index in [1.165, 1.54) is 0 Å². The Bertz CT molecular complexity index is 347. The second kappa shape index (κ2) is 2.87. The lowest BCUT2D eigenvalue weighted by Gasteiger charge is -2.05. The lowest BCUT2D eigenvalue weighted by molar-refractivity contribution is -0.0431. The molecule has 0 aliphatic heterocycles. The number of halogens is 3. The maximum absolute atomic E-state index is 11.5. The second-order valence-electron chi connectivity index (χ2n) is 2.10. The van der Waals surface area contributed by atoms with Crippen molar-refractivity contribution in [2.75, 3.05) is 11.3 Å². The third-order valence-electron chi connectivity index (χ3n) is 0.722. The van der Waals surface area contributed by atoms with E-state index in [9.17, 15) is 30.0 Å². The molecule has 0 aromatic rings. The summed E-state index contributed by atoms with van der Waals surface area (Å²) in [6.45, 7) is 0. The average Bonchev–Trinajstić information content (AvgIpc) is 1.52. The maximum atomic E-state index is 11.5. The number of hydrogen-bond donors (Lipinski definition) is 0. The van der Waals surface area contributed by atoms with E-state index in [4.69, 9.17) is 0 Å². The van der Waals surface area contributed by atoms with Gasteiger partial charge in [-0.2, -0.15) is 13.2 Å². The summed E-state index contributed by atoms with van der Waals surface area (Å²) in [4.78, 5) is 0. The Hall–Kier alpha value is -0.310. The predicted molar refractivity (Wildman–Crippen MR) is 34.7 cm³/mol. The second-order valence-corrected chi connectivity index (χ2v) is 6.59. The first kappa shape index (κ1) is 11.7. The van der Waals surface area contributed by atoms with Gasteiger partial charge in [-0.25, -0.2) is 16.8 Å². The van der Waals surface area contributed by atoms with Gasteiger partial charge >= 0.3 is 5.51 Å². The van der Waals surface area contributed by atoms with E-state index in [1.807, 2.05) is 0 Å². The zero-order valence-electron chi connectivity index (χ0n) is 5.79. The van der Waals surface area contributed by atoms with Crippen molar-refractivity contribution >= 4 is 19.7 Å². The normalized spacial score (nSPS) is 14.7. The Labute approximate surface area is 67.2 Å². The third kappa shape index (κ3) is 3.39. The van der Waals surface area contributed by atoms with E-state index in [0.29, 0.717) is 6.26 Å². The molecule has 0 radical (unpaired) electrons. The number of hydrogen-bond acceptors (Lipinski definition) is 4. The summed E-state index contributed by atoms with van der Waals surface area (Å²) in [5, 5.41) is -1.90. The molecule has 0 fully saturated rings. The molecule has 0 atom stereocenters. The van der Waals surface area contributed by atoms with Crippen LogP contribution >= 0.6 is 0 Å². The maximum Gasteiger partial charge on any atom is 0.498 e. The summed E-state index contributed by atoms with van der Waals surface area (Å²) in [6.07, 6.45) is 0.413. The fourth-order valence-electron chi connectivity index (χ4n) is 0.349. The summed E-state index contributed by atoms with van der Waals surface area (Å²) >= 11 is 0. The van der Waals surface area contributed by atoms with Crippen molar-refractivity contribution in [1.29, 1.82) is 0 Å². The van der Waals surface area contributed by atoms with Crippen LogP contribution in [0.5, 0.6) is 0 Å². The Balaban J connectivity index is 4.96. The molecule has 0 rings (SSSR count). The SMILES string of the molecule is CS(=O)(=O)CS(=O)(=O)C(F)(F)F. The van der Waals surface area contributed by atoms with E-state index < -0.39 is 30.3 Å². The molecule has 0 heterocycles. The van der Waals surface area contributed by atoms with E-state index in [1.54, 1.807) is 0 Å². The predicted octanol–water partition coefficient (Wildman–Crippen LogP) is -0.0769. The van der Waals surface area contributed by atoms with Gasteiger partial charge < -0.3 is 0 Å². The van der Waals surface area contributed by atoms with Crippen molar-refractivity contribution < 1.29 is 30.0 Å². The molecule has 9 heteroatoms. The third-order valence-corrected chi connectivity index (χ3v) is 4.38. The van der Waals surface area contributed by atoms with Gasteiger partial charge in [-0.3, -0.25) is 0 Å². The van der Waals surface area contributed by atoms with Gasteiger partial charge in [0.15, 0.2) is 14.9 Å². The standard InChI is InChI=1S/C3H5F3O4S2/c1-11(7,8)2-12(9,10)3(4,5)6/h2H2,1H3. The fraction of sp³-hybridized carbons (Fsp3) is 1.00. The zero-order valence-corrected chi connectivity index (χ0v) is 7.42. The summed E-state index contributed by atoms with van der Waals surface area (Å²) in [5.41, 5.74) is -5.50. The van der Waals surface area contributed by atoms with E-state index in [0.717, 1.165) is 0 Å². The molecular weight excluding hydrogens is 221 g/mol. The highest BCUT2D eigenvalue weighted by molar-refractivity contribution is 8.08. The van der Waals surface area contributed by atoms with E-state index in [2.05, 4.69) is 0 Å². The molecule has 0 aliphatic carbocycles. The van der Waals surface area contributed by atoms with Crippen LogP contribution in [0.1, 0.15) is 0 Å². The molecule has 0 aromatic carbocycles. The van der Waals surface area contributed by atoms with Crippen LogP contribution in [-0.4, -0.2) is 33.7 Å². The molecule has 12 heavy (non-hydrogen) atoms. The molecular formula is C3H5F3O4S2. The molecule has 0 spiro atoms. The molecule has 0 unspecified atom stereocenters. The summed E-state index contributed by atoms with van der Waals surface area (Å²) in [5.74, 6) is 0. The van der Waals surface area contributed by atoms with Crippen molar-refractivity contribution in [2.24, 2.45) is 0 Å².